The van der Waals surface area contributed by atoms with Crippen molar-refractivity contribution in [2.24, 2.45) is 34.5 Å². The van der Waals surface area contributed by atoms with Gasteiger partial charge in [0, 0.05) is 29.7 Å². The summed E-state index contributed by atoms with van der Waals surface area (Å²) in [5.74, 6) is 3.76. The summed E-state index contributed by atoms with van der Waals surface area (Å²) in [6, 6.07) is 0. The average Bonchev–Trinajstić information content (AvgIpc) is 2.83. The van der Waals surface area contributed by atoms with Gasteiger partial charge in [0.05, 0.1) is 7.11 Å². The fourth-order valence-corrected chi connectivity index (χ4v) is 6.78. The van der Waals surface area contributed by atoms with Crippen LogP contribution >= 0.6 is 0 Å². The van der Waals surface area contributed by atoms with Gasteiger partial charge in [0.2, 0.25) is 0 Å². The van der Waals surface area contributed by atoms with Gasteiger partial charge in [0.1, 0.15) is 11.5 Å². The standard InChI is InChI=1S/C20H28O3/c1-19-9-8-16-14(15(19)6-7-17(19)22)5-4-12-10-13(21)11-18(23-3)20(12,16)2/h11-12,14-16H,4-10H2,1-3H3/t12?,14-,15-,16+,19-,20-/m0/s1. The molecule has 3 fully saturated rings. The third kappa shape index (κ3) is 1.88. The van der Waals surface area contributed by atoms with Crippen molar-refractivity contribution in [3.63, 3.8) is 0 Å². The quantitative estimate of drug-likeness (QED) is 0.736. The molecule has 3 heteroatoms. The smallest absolute Gasteiger partial charge is 0.159 e. The van der Waals surface area contributed by atoms with Crippen LogP contribution in [0.3, 0.4) is 0 Å². The zero-order valence-corrected chi connectivity index (χ0v) is 14.6. The topological polar surface area (TPSA) is 43.4 Å². The highest BCUT2D eigenvalue weighted by Gasteiger charge is 2.61. The molecule has 4 aliphatic carbocycles. The van der Waals surface area contributed by atoms with Gasteiger partial charge in [-0.05, 0) is 55.8 Å². The number of methoxy groups -OCH3 is 1. The largest absolute Gasteiger partial charge is 0.500 e. The van der Waals surface area contributed by atoms with E-state index in [1.807, 2.05) is 0 Å². The number of hydrogen-bond donors (Lipinski definition) is 0. The van der Waals surface area contributed by atoms with Gasteiger partial charge in [-0.25, -0.2) is 0 Å². The molecule has 23 heavy (non-hydrogen) atoms. The van der Waals surface area contributed by atoms with E-state index in [1.54, 1.807) is 13.2 Å². The highest BCUT2D eigenvalue weighted by molar-refractivity contribution is 5.91. The SMILES string of the molecule is COC1=CC(=O)CC2CC[C@@H]3[C@@H](CC[C@]4(C)C(=O)CC[C@@H]34)[C@@]12C. The molecule has 3 nitrogen and oxygen atoms in total. The van der Waals surface area contributed by atoms with Crippen LogP contribution in [0.2, 0.25) is 0 Å². The first-order valence-electron chi connectivity index (χ1n) is 9.23. The molecule has 0 aliphatic heterocycles. The van der Waals surface area contributed by atoms with E-state index in [-0.39, 0.29) is 16.6 Å². The van der Waals surface area contributed by atoms with E-state index < -0.39 is 0 Å². The number of allylic oxidation sites excluding steroid dienone is 2. The van der Waals surface area contributed by atoms with Gasteiger partial charge in [-0.1, -0.05) is 13.8 Å². The Kier molecular flexibility index (Phi) is 3.31. The van der Waals surface area contributed by atoms with Crippen molar-refractivity contribution in [1.29, 1.82) is 0 Å². The number of hydrogen-bond acceptors (Lipinski definition) is 3. The first-order valence-corrected chi connectivity index (χ1v) is 9.23. The Morgan fingerprint density at radius 2 is 1.87 bits per heavy atom. The first kappa shape index (κ1) is 15.4. The van der Waals surface area contributed by atoms with Crippen LogP contribution in [0.15, 0.2) is 11.8 Å². The van der Waals surface area contributed by atoms with E-state index in [4.69, 9.17) is 4.74 Å². The lowest BCUT2D eigenvalue weighted by molar-refractivity contribution is -0.138. The molecule has 0 bridgehead atoms. The van der Waals surface area contributed by atoms with Gasteiger partial charge < -0.3 is 4.74 Å². The van der Waals surface area contributed by atoms with Gasteiger partial charge in [-0.15, -0.1) is 0 Å². The maximum Gasteiger partial charge on any atom is 0.159 e. The maximum atomic E-state index is 12.5. The number of rotatable bonds is 1. The molecule has 0 N–H and O–H groups in total. The van der Waals surface area contributed by atoms with Crippen molar-refractivity contribution >= 4 is 11.6 Å². The molecular weight excluding hydrogens is 288 g/mol. The van der Waals surface area contributed by atoms with Crippen molar-refractivity contribution in [1.82, 2.24) is 0 Å². The molecule has 0 amide bonds. The fraction of sp³-hybridized carbons (Fsp3) is 0.800. The van der Waals surface area contributed by atoms with Crippen LogP contribution in [-0.4, -0.2) is 18.7 Å². The zero-order chi connectivity index (χ0) is 16.4. The minimum absolute atomic E-state index is 0.0153. The van der Waals surface area contributed by atoms with E-state index in [9.17, 15) is 9.59 Å². The third-order valence-electron chi connectivity index (χ3n) is 8.10. The minimum Gasteiger partial charge on any atom is -0.500 e. The third-order valence-corrected chi connectivity index (χ3v) is 8.10. The molecule has 3 saturated carbocycles. The number of carbonyl (C=O) groups is 2. The lowest BCUT2D eigenvalue weighted by Gasteiger charge is -2.58. The summed E-state index contributed by atoms with van der Waals surface area (Å²) in [7, 11) is 1.71. The van der Waals surface area contributed by atoms with Crippen LogP contribution in [0.5, 0.6) is 0 Å². The Bertz CT molecular complexity index is 592. The van der Waals surface area contributed by atoms with Crippen LogP contribution in [0, 0.1) is 34.5 Å². The summed E-state index contributed by atoms with van der Waals surface area (Å²) in [6.45, 7) is 4.55. The molecule has 4 rings (SSSR count). The average molecular weight is 316 g/mol. The van der Waals surface area contributed by atoms with Gasteiger partial charge >= 0.3 is 0 Å². The normalized spacial score (nSPS) is 49.1. The number of ether oxygens (including phenoxy) is 1. The lowest BCUT2D eigenvalue weighted by atomic mass is 9.46. The predicted molar refractivity (Wildman–Crippen MR) is 87.6 cm³/mol. The summed E-state index contributed by atoms with van der Waals surface area (Å²) in [5.41, 5.74) is -0.0929. The molecule has 0 radical (unpaired) electrons. The molecule has 0 aromatic carbocycles. The molecule has 1 unspecified atom stereocenters. The van der Waals surface area contributed by atoms with Crippen LogP contribution in [-0.2, 0) is 14.3 Å². The summed E-state index contributed by atoms with van der Waals surface area (Å²) in [4.78, 5) is 24.5. The highest BCUT2D eigenvalue weighted by atomic mass is 16.5. The number of Topliss-reactive ketones (excluding diaryl/α,β-unsaturated/α-hetero) is 1. The molecule has 0 aromatic rings. The lowest BCUT2D eigenvalue weighted by Crippen LogP contribution is -2.54. The van der Waals surface area contributed by atoms with Crippen molar-refractivity contribution in [3.8, 4) is 0 Å². The molecule has 0 spiro atoms. The second kappa shape index (κ2) is 4.94. The zero-order valence-electron chi connectivity index (χ0n) is 14.6. The number of carbonyl (C=O) groups excluding carboxylic acids is 2. The number of fused-ring (bicyclic) bond motifs is 5. The van der Waals surface area contributed by atoms with Gasteiger partial charge in [0.15, 0.2) is 5.78 Å². The fourth-order valence-electron chi connectivity index (χ4n) is 6.78. The molecule has 0 heterocycles. The molecule has 0 aromatic heterocycles. The van der Waals surface area contributed by atoms with Gasteiger partial charge in [-0.3, -0.25) is 9.59 Å². The van der Waals surface area contributed by atoms with E-state index >= 15 is 0 Å². The minimum atomic E-state index is -0.0776. The molecular formula is C20H28O3. The Morgan fingerprint density at radius 3 is 2.61 bits per heavy atom. The Hall–Kier alpha value is -1.12. The van der Waals surface area contributed by atoms with Crippen LogP contribution in [0.4, 0.5) is 0 Å². The monoisotopic (exact) mass is 316 g/mol. The predicted octanol–water partition coefficient (Wildman–Crippen LogP) is 3.92. The molecule has 0 saturated heterocycles. The van der Waals surface area contributed by atoms with Crippen molar-refractivity contribution < 1.29 is 14.3 Å². The van der Waals surface area contributed by atoms with Gasteiger partial charge in [0.25, 0.3) is 0 Å². The molecule has 6 atom stereocenters. The second-order valence-electron chi connectivity index (χ2n) is 8.73. The second-order valence-corrected chi connectivity index (χ2v) is 8.73. The van der Waals surface area contributed by atoms with Crippen molar-refractivity contribution in [2.75, 3.05) is 7.11 Å². The Balaban J connectivity index is 1.74. The van der Waals surface area contributed by atoms with E-state index in [0.29, 0.717) is 35.9 Å². The summed E-state index contributed by atoms with van der Waals surface area (Å²) >= 11 is 0. The Labute approximate surface area is 138 Å². The number of ketones is 2. The van der Waals surface area contributed by atoms with Crippen molar-refractivity contribution in [3.05, 3.63) is 11.8 Å². The Morgan fingerprint density at radius 1 is 1.09 bits per heavy atom. The molecule has 4 aliphatic rings. The first-order chi connectivity index (χ1) is 10.9. The maximum absolute atomic E-state index is 12.5. The van der Waals surface area contributed by atoms with E-state index in [2.05, 4.69) is 13.8 Å². The molecule has 126 valence electrons. The van der Waals surface area contributed by atoms with E-state index in [0.717, 1.165) is 37.9 Å². The van der Waals surface area contributed by atoms with Crippen LogP contribution < -0.4 is 0 Å². The van der Waals surface area contributed by atoms with Crippen LogP contribution in [0.1, 0.15) is 58.8 Å². The van der Waals surface area contributed by atoms with Gasteiger partial charge in [-0.2, -0.15) is 0 Å². The van der Waals surface area contributed by atoms with E-state index in [1.165, 1.54) is 6.42 Å². The van der Waals surface area contributed by atoms with Crippen LogP contribution in [0.25, 0.3) is 0 Å². The highest BCUT2D eigenvalue weighted by Crippen LogP contribution is 2.65. The summed E-state index contributed by atoms with van der Waals surface area (Å²) in [6.07, 6.45) is 8.68. The van der Waals surface area contributed by atoms with Crippen molar-refractivity contribution in [2.45, 2.75) is 58.8 Å². The summed E-state index contributed by atoms with van der Waals surface area (Å²) in [5, 5.41) is 0. The summed E-state index contributed by atoms with van der Waals surface area (Å²) < 4.78 is 5.71.